The van der Waals surface area contributed by atoms with E-state index < -0.39 is 0 Å². The summed E-state index contributed by atoms with van der Waals surface area (Å²) in [5.41, 5.74) is 9.95. The Morgan fingerprint density at radius 2 is 1.77 bits per heavy atom. The van der Waals surface area contributed by atoms with Gasteiger partial charge in [-0.25, -0.2) is 9.99 Å². The summed E-state index contributed by atoms with van der Waals surface area (Å²) in [7, 11) is 0. The molecule has 1 atom stereocenters. The number of aliphatic hydroxyl groups is 1. The smallest absolute Gasteiger partial charge is 0.254 e. The van der Waals surface area contributed by atoms with Crippen LogP contribution >= 0.6 is 0 Å². The van der Waals surface area contributed by atoms with Crippen LogP contribution in [0.3, 0.4) is 0 Å². The fourth-order valence-electron chi connectivity index (χ4n) is 5.93. The van der Waals surface area contributed by atoms with E-state index in [0.717, 1.165) is 65.6 Å². The maximum Gasteiger partial charge on any atom is 0.254 e. The second-order valence-corrected chi connectivity index (χ2v) is 10.6. The molecule has 9 heteroatoms. The summed E-state index contributed by atoms with van der Waals surface area (Å²) in [6.45, 7) is 10.8. The number of carbonyl (C=O) groups is 1. The number of nitrogens with zero attached hydrogens (tertiary/aromatic N) is 6. The van der Waals surface area contributed by atoms with E-state index >= 15 is 0 Å². The lowest BCUT2D eigenvalue weighted by Gasteiger charge is -2.41. The maximum absolute atomic E-state index is 13.9. The van der Waals surface area contributed by atoms with Crippen LogP contribution in [-0.4, -0.2) is 84.4 Å². The molecular weight excluding hydrogens is 502 g/mol. The predicted octanol–water partition coefficient (Wildman–Crippen LogP) is 3.35. The molecule has 2 aliphatic rings. The highest BCUT2D eigenvalue weighted by Gasteiger charge is 2.32. The van der Waals surface area contributed by atoms with Crippen molar-refractivity contribution in [3.63, 3.8) is 0 Å². The molecule has 2 aliphatic heterocycles. The minimum Gasteiger partial charge on any atom is -0.394 e. The van der Waals surface area contributed by atoms with Crippen LogP contribution in [0.25, 0.3) is 0 Å². The molecule has 40 heavy (non-hydrogen) atoms. The number of hydrogen-bond acceptors (Lipinski definition) is 8. The van der Waals surface area contributed by atoms with Gasteiger partial charge in [0.1, 0.15) is 11.9 Å². The summed E-state index contributed by atoms with van der Waals surface area (Å²) < 4.78 is 0. The number of hydrazine groups is 1. The lowest BCUT2D eigenvalue weighted by atomic mass is 9.95. The number of amides is 1. The zero-order chi connectivity index (χ0) is 28.2. The number of rotatable bonds is 6. The number of nitrogens with one attached hydrogen (secondary N) is 1. The van der Waals surface area contributed by atoms with Gasteiger partial charge < -0.3 is 25.2 Å². The van der Waals surface area contributed by atoms with E-state index in [4.69, 9.17) is 0 Å². The monoisotopic (exact) mass is 539 g/mol. The highest BCUT2D eigenvalue weighted by atomic mass is 16.3. The van der Waals surface area contributed by atoms with Crippen LogP contribution in [0.4, 0.5) is 17.2 Å². The standard InChI is InChI=1S/C31H37N7O2/c1-22-18-23(2)30(34-37-15-12-35(13-16-37)27-9-5-4-8-25(27)19-32)24(3)29(22)31(40)36-14-17-38(26(20-36)21-39)28-10-6-7-11-33-28/h4-11,18,26,34,39H,12-17,20-21H2,1-3H3/t26-/m0/s1. The van der Waals surface area contributed by atoms with E-state index in [1.807, 2.05) is 61.2 Å². The van der Waals surface area contributed by atoms with E-state index in [-0.39, 0.29) is 18.6 Å². The fraction of sp³-hybridized carbons (Fsp3) is 0.387. The number of aryl methyl sites for hydroxylation is 2. The quantitative estimate of drug-likeness (QED) is 0.492. The van der Waals surface area contributed by atoms with Gasteiger partial charge in [0.25, 0.3) is 5.91 Å². The first-order valence-corrected chi connectivity index (χ1v) is 13.9. The lowest BCUT2D eigenvalue weighted by molar-refractivity contribution is 0.0697. The van der Waals surface area contributed by atoms with Crippen molar-refractivity contribution in [2.24, 2.45) is 0 Å². The first-order chi connectivity index (χ1) is 19.4. The number of aliphatic hydroxyl groups excluding tert-OH is 1. The molecule has 208 valence electrons. The molecule has 2 aromatic carbocycles. The van der Waals surface area contributed by atoms with Gasteiger partial charge in [0.15, 0.2) is 0 Å². The number of benzene rings is 2. The number of para-hydroxylation sites is 1. The van der Waals surface area contributed by atoms with Gasteiger partial charge in [0, 0.05) is 57.6 Å². The number of piperazine rings is 2. The minimum absolute atomic E-state index is 0.00454. The number of nitriles is 1. The molecule has 0 aliphatic carbocycles. The Kier molecular flexibility index (Phi) is 8.19. The Morgan fingerprint density at radius 3 is 2.48 bits per heavy atom. The van der Waals surface area contributed by atoms with Crippen molar-refractivity contribution in [1.82, 2.24) is 14.9 Å². The van der Waals surface area contributed by atoms with Crippen LogP contribution in [0.1, 0.15) is 32.6 Å². The third-order valence-corrected chi connectivity index (χ3v) is 8.02. The third-order valence-electron chi connectivity index (χ3n) is 8.02. The van der Waals surface area contributed by atoms with Crippen LogP contribution in [0.15, 0.2) is 54.7 Å². The average molecular weight is 540 g/mol. The number of pyridine rings is 1. The van der Waals surface area contributed by atoms with Crippen molar-refractivity contribution in [2.75, 3.05) is 67.6 Å². The van der Waals surface area contributed by atoms with E-state index in [2.05, 4.69) is 44.3 Å². The van der Waals surface area contributed by atoms with E-state index in [1.54, 1.807) is 6.20 Å². The summed E-state index contributed by atoms with van der Waals surface area (Å²) in [6.07, 6.45) is 1.75. The normalized spacial score (nSPS) is 18.0. The number of hydrogen-bond donors (Lipinski definition) is 2. The number of carbonyl (C=O) groups excluding carboxylic acids is 1. The summed E-state index contributed by atoms with van der Waals surface area (Å²) in [5, 5.41) is 21.8. The zero-order valence-electron chi connectivity index (χ0n) is 23.5. The maximum atomic E-state index is 13.9. The molecule has 0 bridgehead atoms. The average Bonchev–Trinajstić information content (AvgIpc) is 2.99. The summed E-state index contributed by atoms with van der Waals surface area (Å²) >= 11 is 0. The van der Waals surface area contributed by atoms with Crippen molar-refractivity contribution < 1.29 is 9.90 Å². The van der Waals surface area contributed by atoms with Crippen LogP contribution in [-0.2, 0) is 0 Å². The first kappa shape index (κ1) is 27.4. The Bertz CT molecular complexity index is 1400. The third kappa shape index (κ3) is 5.46. The second-order valence-electron chi connectivity index (χ2n) is 10.6. The molecule has 3 heterocycles. The van der Waals surface area contributed by atoms with Gasteiger partial charge in [-0.3, -0.25) is 4.79 Å². The summed E-state index contributed by atoms with van der Waals surface area (Å²) in [6, 6.07) is 17.7. The zero-order valence-corrected chi connectivity index (χ0v) is 23.5. The molecular formula is C31H37N7O2. The summed E-state index contributed by atoms with van der Waals surface area (Å²) in [4.78, 5) is 24.5. The molecule has 1 amide bonds. The molecule has 2 N–H and O–H groups in total. The van der Waals surface area contributed by atoms with E-state index in [0.29, 0.717) is 25.2 Å². The molecule has 0 radical (unpaired) electrons. The van der Waals surface area contributed by atoms with Crippen molar-refractivity contribution in [2.45, 2.75) is 26.8 Å². The van der Waals surface area contributed by atoms with Crippen LogP contribution in [0, 0.1) is 32.1 Å². The van der Waals surface area contributed by atoms with Gasteiger partial charge in [-0.05, 0) is 61.7 Å². The lowest BCUT2D eigenvalue weighted by Crippen LogP contribution is -2.56. The Morgan fingerprint density at radius 1 is 1.02 bits per heavy atom. The van der Waals surface area contributed by atoms with Gasteiger partial charge in [-0.15, -0.1) is 0 Å². The topological polar surface area (TPSA) is 99.0 Å². The van der Waals surface area contributed by atoms with Crippen LogP contribution < -0.4 is 15.2 Å². The molecule has 0 saturated carbocycles. The second kappa shape index (κ2) is 11.9. The Hall–Kier alpha value is -4.13. The highest BCUT2D eigenvalue weighted by Crippen LogP contribution is 2.30. The van der Waals surface area contributed by atoms with Gasteiger partial charge in [-0.1, -0.05) is 24.3 Å². The van der Waals surface area contributed by atoms with Crippen molar-refractivity contribution in [3.8, 4) is 6.07 Å². The Labute approximate surface area is 236 Å². The van der Waals surface area contributed by atoms with Gasteiger partial charge >= 0.3 is 0 Å². The minimum atomic E-state index is -0.210. The predicted molar refractivity (Wildman–Crippen MR) is 158 cm³/mol. The van der Waals surface area contributed by atoms with Crippen molar-refractivity contribution in [3.05, 3.63) is 82.5 Å². The molecule has 0 spiro atoms. The molecule has 3 aromatic rings. The van der Waals surface area contributed by atoms with Gasteiger partial charge in [-0.2, -0.15) is 5.26 Å². The van der Waals surface area contributed by atoms with Crippen molar-refractivity contribution >= 4 is 23.1 Å². The van der Waals surface area contributed by atoms with E-state index in [1.165, 1.54) is 0 Å². The highest BCUT2D eigenvalue weighted by molar-refractivity contribution is 5.99. The van der Waals surface area contributed by atoms with Crippen molar-refractivity contribution in [1.29, 1.82) is 5.26 Å². The molecule has 9 nitrogen and oxygen atoms in total. The molecule has 1 aromatic heterocycles. The summed E-state index contributed by atoms with van der Waals surface area (Å²) in [5.74, 6) is 0.814. The fourth-order valence-corrected chi connectivity index (χ4v) is 5.93. The van der Waals surface area contributed by atoms with Gasteiger partial charge in [0.2, 0.25) is 0 Å². The number of anilines is 3. The SMILES string of the molecule is Cc1cc(C)c(C(=O)N2CCN(c3ccccn3)[C@H](CO)C2)c(C)c1NN1CCN(c2ccccc2C#N)CC1. The molecule has 5 rings (SSSR count). The van der Waals surface area contributed by atoms with Crippen LogP contribution in [0.5, 0.6) is 0 Å². The molecule has 2 saturated heterocycles. The van der Waals surface area contributed by atoms with Crippen LogP contribution in [0.2, 0.25) is 0 Å². The van der Waals surface area contributed by atoms with E-state index in [9.17, 15) is 15.2 Å². The number of aromatic nitrogens is 1. The first-order valence-electron chi connectivity index (χ1n) is 13.9. The molecule has 0 unspecified atom stereocenters. The van der Waals surface area contributed by atoms with Gasteiger partial charge in [0.05, 0.1) is 29.6 Å². The molecule has 2 fully saturated rings. The largest absolute Gasteiger partial charge is 0.394 e. The Balaban J connectivity index is 1.30.